The number of rotatable bonds is 6. The van der Waals surface area contributed by atoms with Crippen molar-refractivity contribution in [2.75, 3.05) is 7.11 Å². The number of methoxy groups -OCH3 is 1. The van der Waals surface area contributed by atoms with Crippen molar-refractivity contribution in [3.05, 3.63) is 38.0 Å². The molecule has 0 bridgehead atoms. The molecule has 0 unspecified atom stereocenters. The molecule has 2 aromatic rings. The Morgan fingerprint density at radius 1 is 1.45 bits per heavy atom. The lowest BCUT2D eigenvalue weighted by Gasteiger charge is -2.03. The molecule has 2 aromatic heterocycles. The molecule has 2 heterocycles. The SMILES string of the molecule is COCc1ccsc1C(=O)NCc1nc(C(=O)O)cs1. The van der Waals surface area contributed by atoms with Crippen LogP contribution in [0.5, 0.6) is 0 Å². The fraction of sp³-hybridized carbons (Fsp3) is 0.250. The number of carboxylic acid groups (broad SMARTS) is 1. The topological polar surface area (TPSA) is 88.5 Å². The van der Waals surface area contributed by atoms with E-state index in [9.17, 15) is 9.59 Å². The van der Waals surface area contributed by atoms with Crippen LogP contribution in [0.15, 0.2) is 16.8 Å². The molecule has 106 valence electrons. The molecule has 2 N–H and O–H groups in total. The summed E-state index contributed by atoms with van der Waals surface area (Å²) in [4.78, 5) is 27.2. The third-order valence-electron chi connectivity index (χ3n) is 2.42. The Bertz CT molecular complexity index is 621. The molecule has 6 nitrogen and oxygen atoms in total. The van der Waals surface area contributed by atoms with E-state index in [4.69, 9.17) is 9.84 Å². The first kappa shape index (κ1) is 14.6. The van der Waals surface area contributed by atoms with Gasteiger partial charge in [-0.1, -0.05) is 0 Å². The summed E-state index contributed by atoms with van der Waals surface area (Å²) in [7, 11) is 1.57. The van der Waals surface area contributed by atoms with Gasteiger partial charge in [-0.3, -0.25) is 4.79 Å². The molecule has 8 heteroatoms. The number of amides is 1. The second kappa shape index (κ2) is 6.60. The first-order chi connectivity index (χ1) is 9.61. The number of nitrogens with zero attached hydrogens (tertiary/aromatic N) is 1. The maximum absolute atomic E-state index is 12.0. The van der Waals surface area contributed by atoms with Gasteiger partial charge >= 0.3 is 5.97 Å². The second-order valence-corrected chi connectivity index (χ2v) is 5.68. The van der Waals surface area contributed by atoms with Crippen LogP contribution in [0.25, 0.3) is 0 Å². The minimum Gasteiger partial charge on any atom is -0.476 e. The summed E-state index contributed by atoms with van der Waals surface area (Å²) in [6.45, 7) is 0.591. The molecule has 0 aromatic carbocycles. The zero-order valence-corrected chi connectivity index (χ0v) is 12.2. The van der Waals surface area contributed by atoms with E-state index in [1.165, 1.54) is 28.1 Å². The number of thiophene rings is 1. The molecular weight excluding hydrogens is 300 g/mol. The van der Waals surface area contributed by atoms with E-state index in [0.29, 0.717) is 16.5 Å². The number of ether oxygens (including phenoxy) is 1. The average molecular weight is 312 g/mol. The van der Waals surface area contributed by atoms with Crippen LogP contribution >= 0.6 is 22.7 Å². The third-order valence-corrected chi connectivity index (χ3v) is 4.23. The second-order valence-electron chi connectivity index (χ2n) is 3.82. The molecule has 1 amide bonds. The lowest BCUT2D eigenvalue weighted by atomic mass is 10.2. The summed E-state index contributed by atoms with van der Waals surface area (Å²) in [5.41, 5.74) is 0.829. The monoisotopic (exact) mass is 312 g/mol. The van der Waals surface area contributed by atoms with Gasteiger partial charge < -0.3 is 15.2 Å². The minimum atomic E-state index is -1.07. The van der Waals surface area contributed by atoms with Gasteiger partial charge in [-0.15, -0.1) is 22.7 Å². The van der Waals surface area contributed by atoms with Gasteiger partial charge in [-0.05, 0) is 11.4 Å². The van der Waals surface area contributed by atoms with Crippen LogP contribution in [-0.2, 0) is 17.9 Å². The van der Waals surface area contributed by atoms with E-state index >= 15 is 0 Å². The maximum Gasteiger partial charge on any atom is 0.355 e. The Hall–Kier alpha value is -1.77. The Balaban J connectivity index is 1.97. The van der Waals surface area contributed by atoms with Crippen LogP contribution in [0.2, 0.25) is 0 Å². The third kappa shape index (κ3) is 3.41. The summed E-state index contributed by atoms with van der Waals surface area (Å²) >= 11 is 2.54. The van der Waals surface area contributed by atoms with E-state index in [1.54, 1.807) is 7.11 Å². The van der Waals surface area contributed by atoms with Crippen molar-refractivity contribution >= 4 is 34.6 Å². The highest BCUT2D eigenvalue weighted by Gasteiger charge is 2.14. The van der Waals surface area contributed by atoms with Crippen molar-refractivity contribution in [2.24, 2.45) is 0 Å². The van der Waals surface area contributed by atoms with Crippen molar-refractivity contribution < 1.29 is 19.4 Å². The number of carboxylic acids is 1. The normalized spacial score (nSPS) is 10.4. The lowest BCUT2D eigenvalue weighted by molar-refractivity contribution is 0.0691. The molecule has 20 heavy (non-hydrogen) atoms. The van der Waals surface area contributed by atoms with Crippen LogP contribution in [0.1, 0.15) is 30.7 Å². The molecule has 0 radical (unpaired) electrons. The summed E-state index contributed by atoms with van der Waals surface area (Å²) in [6, 6.07) is 1.84. The molecule has 0 aliphatic heterocycles. The summed E-state index contributed by atoms with van der Waals surface area (Å²) in [5.74, 6) is -1.28. The molecule has 0 saturated carbocycles. The minimum absolute atomic E-state index is 0.00422. The first-order valence-corrected chi connectivity index (χ1v) is 7.39. The molecule has 0 spiro atoms. The van der Waals surface area contributed by atoms with Crippen molar-refractivity contribution in [3.63, 3.8) is 0 Å². The van der Waals surface area contributed by atoms with E-state index in [2.05, 4.69) is 10.3 Å². The van der Waals surface area contributed by atoms with Gasteiger partial charge in [-0.25, -0.2) is 9.78 Å². The lowest BCUT2D eigenvalue weighted by Crippen LogP contribution is -2.23. The van der Waals surface area contributed by atoms with Gasteiger partial charge in [0, 0.05) is 18.1 Å². The van der Waals surface area contributed by atoms with Crippen molar-refractivity contribution in [2.45, 2.75) is 13.2 Å². The van der Waals surface area contributed by atoms with Gasteiger partial charge in [0.1, 0.15) is 5.01 Å². The van der Waals surface area contributed by atoms with Gasteiger partial charge in [0.2, 0.25) is 0 Å². The number of aromatic carboxylic acids is 1. The number of nitrogens with one attached hydrogen (secondary N) is 1. The number of hydrogen-bond acceptors (Lipinski definition) is 6. The zero-order chi connectivity index (χ0) is 14.5. The van der Waals surface area contributed by atoms with Crippen LogP contribution in [-0.4, -0.2) is 29.1 Å². The van der Waals surface area contributed by atoms with Crippen LogP contribution < -0.4 is 5.32 Å². The number of carbonyl (C=O) groups is 2. The summed E-state index contributed by atoms with van der Waals surface area (Å²) < 4.78 is 5.02. The van der Waals surface area contributed by atoms with Gasteiger partial charge in [0.15, 0.2) is 5.69 Å². The predicted molar refractivity (Wildman–Crippen MR) is 75.3 cm³/mol. The van der Waals surface area contributed by atoms with E-state index in [0.717, 1.165) is 5.56 Å². The zero-order valence-electron chi connectivity index (χ0n) is 10.6. The van der Waals surface area contributed by atoms with E-state index in [1.807, 2.05) is 11.4 Å². The fourth-order valence-corrected chi connectivity index (χ4v) is 3.06. The molecule has 0 aliphatic carbocycles. The number of aromatic nitrogens is 1. The van der Waals surface area contributed by atoms with Crippen LogP contribution in [0, 0.1) is 0 Å². The van der Waals surface area contributed by atoms with Gasteiger partial charge in [0.25, 0.3) is 5.91 Å². The Labute approximate surface area is 123 Å². The predicted octanol–water partition coefficient (Wildman–Crippen LogP) is 1.98. The first-order valence-electron chi connectivity index (χ1n) is 5.63. The molecule has 0 fully saturated rings. The standard InChI is InChI=1S/C12H12N2O4S2/c1-18-5-7-2-3-19-10(7)11(15)13-4-9-14-8(6-20-9)12(16)17/h2-3,6H,4-5H2,1H3,(H,13,15)(H,16,17). The Kier molecular flexibility index (Phi) is 4.83. The van der Waals surface area contributed by atoms with Crippen molar-refractivity contribution in [3.8, 4) is 0 Å². The molecule has 0 aliphatic rings. The molecular formula is C12H12N2O4S2. The highest BCUT2D eigenvalue weighted by molar-refractivity contribution is 7.12. The number of hydrogen-bond donors (Lipinski definition) is 2. The molecule has 2 rings (SSSR count). The highest BCUT2D eigenvalue weighted by Crippen LogP contribution is 2.18. The smallest absolute Gasteiger partial charge is 0.355 e. The largest absolute Gasteiger partial charge is 0.476 e. The average Bonchev–Trinajstić information content (AvgIpc) is 3.05. The quantitative estimate of drug-likeness (QED) is 0.851. The fourth-order valence-electron chi connectivity index (χ4n) is 1.53. The Morgan fingerprint density at radius 2 is 2.25 bits per heavy atom. The van der Waals surface area contributed by atoms with E-state index in [-0.39, 0.29) is 18.1 Å². The van der Waals surface area contributed by atoms with Crippen LogP contribution in [0.3, 0.4) is 0 Å². The van der Waals surface area contributed by atoms with Gasteiger partial charge in [-0.2, -0.15) is 0 Å². The number of thiazole rings is 1. The molecule has 0 saturated heterocycles. The van der Waals surface area contributed by atoms with Crippen molar-refractivity contribution in [1.29, 1.82) is 0 Å². The maximum atomic E-state index is 12.0. The highest BCUT2D eigenvalue weighted by atomic mass is 32.1. The summed E-state index contributed by atoms with van der Waals surface area (Å²) in [5, 5.41) is 15.3. The number of carbonyl (C=O) groups excluding carboxylic acids is 1. The summed E-state index contributed by atoms with van der Waals surface area (Å²) in [6.07, 6.45) is 0. The van der Waals surface area contributed by atoms with Crippen molar-refractivity contribution in [1.82, 2.24) is 10.3 Å². The Morgan fingerprint density at radius 3 is 2.90 bits per heavy atom. The van der Waals surface area contributed by atoms with Gasteiger partial charge in [0.05, 0.1) is 18.0 Å². The molecule has 0 atom stereocenters. The van der Waals surface area contributed by atoms with Crippen LogP contribution in [0.4, 0.5) is 0 Å². The van der Waals surface area contributed by atoms with E-state index < -0.39 is 5.97 Å².